The first-order chi connectivity index (χ1) is 6.72. The van der Waals surface area contributed by atoms with Crippen molar-refractivity contribution in [1.82, 2.24) is 9.80 Å². The van der Waals surface area contributed by atoms with E-state index in [1.165, 1.54) is 38.0 Å². The molecule has 3 heteroatoms. The molecule has 0 aliphatic carbocycles. The van der Waals surface area contributed by atoms with E-state index >= 15 is 0 Å². The molecule has 2 nitrogen and oxygen atoms in total. The van der Waals surface area contributed by atoms with Gasteiger partial charge >= 0.3 is 0 Å². The summed E-state index contributed by atoms with van der Waals surface area (Å²) in [4.78, 5) is 4.87. The van der Waals surface area contributed by atoms with Gasteiger partial charge in [0, 0.05) is 25.4 Å². The van der Waals surface area contributed by atoms with E-state index in [4.69, 9.17) is 0 Å². The molecule has 0 spiro atoms. The van der Waals surface area contributed by atoms with Crippen LogP contribution in [-0.2, 0) is 0 Å². The van der Waals surface area contributed by atoms with Gasteiger partial charge in [0.2, 0.25) is 0 Å². The lowest BCUT2D eigenvalue weighted by atomic mass is 10.3. The molecule has 0 atom stereocenters. The monoisotopic (exact) mass is 214 g/mol. The van der Waals surface area contributed by atoms with Crippen molar-refractivity contribution in [3.8, 4) is 0 Å². The first-order valence-corrected chi connectivity index (χ1v) is 6.04. The zero-order chi connectivity index (χ0) is 10.4. The molecule has 82 valence electrons. The molecule has 14 heavy (non-hydrogen) atoms. The molecule has 0 amide bonds. The maximum atomic E-state index is 4.21. The Morgan fingerprint density at radius 1 is 1.43 bits per heavy atom. The van der Waals surface area contributed by atoms with Gasteiger partial charge in [-0.3, -0.25) is 0 Å². The van der Waals surface area contributed by atoms with Gasteiger partial charge in [0.15, 0.2) is 0 Å². The van der Waals surface area contributed by atoms with Crippen molar-refractivity contribution in [3.05, 3.63) is 12.2 Å². The summed E-state index contributed by atoms with van der Waals surface area (Å²) in [5, 5.41) is 0. The molecule has 0 aromatic carbocycles. The first kappa shape index (κ1) is 12.1. The third-order valence-corrected chi connectivity index (χ3v) is 3.16. The minimum absolute atomic E-state index is 0.800. The summed E-state index contributed by atoms with van der Waals surface area (Å²) in [6, 6.07) is 0. The number of hydrogen-bond acceptors (Lipinski definition) is 3. The molecule has 0 radical (unpaired) electrons. The minimum Gasteiger partial charge on any atom is -0.302 e. The summed E-state index contributed by atoms with van der Waals surface area (Å²) < 4.78 is 0. The molecular weight excluding hydrogens is 192 g/mol. The SMILES string of the molecule is C=C(CS)CN(C)CCN1CCCC1. The highest BCUT2D eigenvalue weighted by Crippen LogP contribution is 2.06. The van der Waals surface area contributed by atoms with Crippen molar-refractivity contribution in [1.29, 1.82) is 0 Å². The van der Waals surface area contributed by atoms with E-state index in [9.17, 15) is 0 Å². The van der Waals surface area contributed by atoms with Gasteiger partial charge < -0.3 is 9.80 Å². The first-order valence-electron chi connectivity index (χ1n) is 5.41. The molecule has 0 saturated carbocycles. The van der Waals surface area contributed by atoms with Gasteiger partial charge in [0.25, 0.3) is 0 Å². The van der Waals surface area contributed by atoms with Crippen molar-refractivity contribution in [3.63, 3.8) is 0 Å². The zero-order valence-corrected chi connectivity index (χ0v) is 10.1. The van der Waals surface area contributed by atoms with Crippen molar-refractivity contribution < 1.29 is 0 Å². The van der Waals surface area contributed by atoms with Crippen LogP contribution in [0, 0.1) is 0 Å². The average molecular weight is 214 g/mol. The fraction of sp³-hybridized carbons (Fsp3) is 0.818. The minimum atomic E-state index is 0.800. The Morgan fingerprint density at radius 3 is 2.64 bits per heavy atom. The largest absolute Gasteiger partial charge is 0.302 e. The number of rotatable bonds is 6. The lowest BCUT2D eigenvalue weighted by Crippen LogP contribution is -2.32. The molecule has 1 saturated heterocycles. The second-order valence-electron chi connectivity index (χ2n) is 4.19. The Balaban J connectivity index is 2.07. The van der Waals surface area contributed by atoms with Crippen LogP contribution in [0.2, 0.25) is 0 Å². The molecule has 0 unspecified atom stereocenters. The fourth-order valence-electron chi connectivity index (χ4n) is 1.83. The molecule has 1 aliphatic heterocycles. The van der Waals surface area contributed by atoms with Gasteiger partial charge in [-0.25, -0.2) is 0 Å². The van der Waals surface area contributed by atoms with Crippen molar-refractivity contribution >= 4 is 12.6 Å². The number of likely N-dealkylation sites (tertiary alicyclic amines) is 1. The summed E-state index contributed by atoms with van der Waals surface area (Å²) >= 11 is 4.21. The Hall–Kier alpha value is 0.01000. The number of nitrogens with zero attached hydrogens (tertiary/aromatic N) is 2. The fourth-order valence-corrected chi connectivity index (χ4v) is 1.93. The maximum Gasteiger partial charge on any atom is 0.0195 e. The van der Waals surface area contributed by atoms with Crippen LogP contribution < -0.4 is 0 Å². The van der Waals surface area contributed by atoms with Crippen LogP contribution in [0.5, 0.6) is 0 Å². The normalized spacial score (nSPS) is 17.9. The molecule has 0 aromatic heterocycles. The van der Waals surface area contributed by atoms with E-state index in [1.807, 2.05) is 0 Å². The summed E-state index contributed by atoms with van der Waals surface area (Å²) in [7, 11) is 2.16. The van der Waals surface area contributed by atoms with Gasteiger partial charge in [-0.15, -0.1) is 0 Å². The van der Waals surface area contributed by atoms with Crippen LogP contribution in [0.25, 0.3) is 0 Å². The smallest absolute Gasteiger partial charge is 0.0195 e. The highest BCUT2D eigenvalue weighted by Gasteiger charge is 2.11. The molecule has 1 heterocycles. The van der Waals surface area contributed by atoms with Crippen LogP contribution in [0.15, 0.2) is 12.2 Å². The summed E-state index contributed by atoms with van der Waals surface area (Å²) in [6.45, 7) is 9.88. The van der Waals surface area contributed by atoms with Crippen molar-refractivity contribution in [2.45, 2.75) is 12.8 Å². The van der Waals surface area contributed by atoms with Gasteiger partial charge in [-0.05, 0) is 33.0 Å². The predicted octanol–water partition coefficient (Wildman–Crippen LogP) is 1.50. The summed E-state index contributed by atoms with van der Waals surface area (Å²) in [6.07, 6.45) is 2.76. The van der Waals surface area contributed by atoms with Gasteiger partial charge in [-0.2, -0.15) is 12.6 Å². The Kier molecular flexibility index (Phi) is 5.60. The van der Waals surface area contributed by atoms with E-state index in [1.54, 1.807) is 0 Å². The Bertz CT molecular complexity index is 176. The molecule has 1 aliphatic rings. The molecule has 1 rings (SSSR count). The lowest BCUT2D eigenvalue weighted by Gasteiger charge is -2.21. The van der Waals surface area contributed by atoms with E-state index in [0.717, 1.165) is 18.8 Å². The molecule has 1 fully saturated rings. The Morgan fingerprint density at radius 2 is 2.07 bits per heavy atom. The number of thiol groups is 1. The summed E-state index contributed by atoms with van der Waals surface area (Å²) in [5.74, 6) is 0.800. The topological polar surface area (TPSA) is 6.48 Å². The van der Waals surface area contributed by atoms with Gasteiger partial charge in [-0.1, -0.05) is 12.2 Å². The lowest BCUT2D eigenvalue weighted by molar-refractivity contribution is 0.268. The third-order valence-electron chi connectivity index (χ3n) is 2.71. The Labute approximate surface area is 93.4 Å². The molecule has 0 bridgehead atoms. The van der Waals surface area contributed by atoms with Crippen LogP contribution in [-0.4, -0.2) is 55.3 Å². The average Bonchev–Trinajstić information content (AvgIpc) is 2.67. The zero-order valence-electron chi connectivity index (χ0n) is 9.21. The highest BCUT2D eigenvalue weighted by atomic mass is 32.1. The second-order valence-corrected chi connectivity index (χ2v) is 4.51. The molecule has 0 aromatic rings. The number of likely N-dealkylation sites (N-methyl/N-ethyl adjacent to an activating group) is 1. The van der Waals surface area contributed by atoms with E-state index in [-0.39, 0.29) is 0 Å². The third kappa shape index (κ3) is 4.49. The second kappa shape index (κ2) is 6.49. The van der Waals surface area contributed by atoms with Gasteiger partial charge in [0.1, 0.15) is 0 Å². The van der Waals surface area contributed by atoms with Crippen LogP contribution in [0.1, 0.15) is 12.8 Å². The van der Waals surface area contributed by atoms with E-state index in [0.29, 0.717) is 0 Å². The maximum absolute atomic E-state index is 4.21. The van der Waals surface area contributed by atoms with E-state index < -0.39 is 0 Å². The standard InChI is InChI=1S/C11H22N2S/c1-11(10-14)9-12(2)7-8-13-5-3-4-6-13/h14H,1,3-10H2,2H3. The number of hydrogen-bond donors (Lipinski definition) is 1. The van der Waals surface area contributed by atoms with E-state index in [2.05, 4.69) is 36.1 Å². The summed E-state index contributed by atoms with van der Waals surface area (Å²) in [5.41, 5.74) is 1.21. The van der Waals surface area contributed by atoms with Crippen LogP contribution in [0.4, 0.5) is 0 Å². The molecule has 0 N–H and O–H groups in total. The van der Waals surface area contributed by atoms with Gasteiger partial charge in [0.05, 0.1) is 0 Å². The molecular formula is C11H22N2S. The predicted molar refractivity (Wildman–Crippen MR) is 66.2 cm³/mol. The van der Waals surface area contributed by atoms with Crippen molar-refractivity contribution in [2.24, 2.45) is 0 Å². The quantitative estimate of drug-likeness (QED) is 0.529. The van der Waals surface area contributed by atoms with Crippen molar-refractivity contribution in [2.75, 3.05) is 45.5 Å². The van der Waals surface area contributed by atoms with Crippen LogP contribution in [0.3, 0.4) is 0 Å². The highest BCUT2D eigenvalue weighted by molar-refractivity contribution is 7.80. The van der Waals surface area contributed by atoms with Crippen LogP contribution >= 0.6 is 12.6 Å².